The normalized spacial score (nSPS) is 10.3. The fourth-order valence-corrected chi connectivity index (χ4v) is 0.696. The lowest BCUT2D eigenvalue weighted by molar-refractivity contribution is 0.139. The molecule has 0 aliphatic carbocycles. The third kappa shape index (κ3) is 4.49. The Morgan fingerprint density at radius 2 is 1.80 bits per heavy atom. The highest BCUT2D eigenvalue weighted by molar-refractivity contribution is 4.68. The topological polar surface area (TPSA) is 27.3 Å². The van der Waals surface area contributed by atoms with Gasteiger partial charge in [-0.15, -0.1) is 6.58 Å². The lowest BCUT2D eigenvalue weighted by atomic mass is 10.6. The van der Waals surface area contributed by atoms with Crippen molar-refractivity contribution in [1.29, 1.82) is 0 Å². The van der Waals surface area contributed by atoms with Crippen molar-refractivity contribution in [3.05, 3.63) is 12.7 Å². The maximum Gasteiger partial charge on any atom is 0.0466 e. The van der Waals surface area contributed by atoms with Crippen molar-refractivity contribution < 1.29 is 0 Å². The number of hydrogen-bond acceptors (Lipinski definition) is 3. The number of rotatable bonds is 6. The van der Waals surface area contributed by atoms with Crippen LogP contribution in [0.25, 0.3) is 0 Å². The van der Waals surface area contributed by atoms with Gasteiger partial charge < -0.3 is 0 Å². The maximum absolute atomic E-state index is 3.64. The van der Waals surface area contributed by atoms with Crippen LogP contribution in [-0.4, -0.2) is 24.8 Å². The van der Waals surface area contributed by atoms with Crippen molar-refractivity contribution >= 4 is 0 Å². The van der Waals surface area contributed by atoms with Gasteiger partial charge in [-0.1, -0.05) is 19.9 Å². The summed E-state index contributed by atoms with van der Waals surface area (Å²) in [6, 6.07) is 0. The van der Waals surface area contributed by atoms with Gasteiger partial charge in [0.15, 0.2) is 0 Å². The minimum atomic E-state index is 0.821. The molecule has 0 atom stereocenters. The van der Waals surface area contributed by atoms with Gasteiger partial charge in [0, 0.05) is 19.6 Å². The van der Waals surface area contributed by atoms with Crippen molar-refractivity contribution in [2.45, 2.75) is 13.8 Å². The predicted molar refractivity (Wildman–Crippen MR) is 44.3 cm³/mol. The van der Waals surface area contributed by atoms with Crippen LogP contribution in [0.1, 0.15) is 13.8 Å². The second kappa shape index (κ2) is 6.74. The van der Waals surface area contributed by atoms with E-state index in [1.165, 1.54) is 0 Å². The molecule has 0 saturated carbocycles. The molecule has 3 nitrogen and oxygen atoms in total. The SMILES string of the molecule is C=CCN(NCC)NCC. The van der Waals surface area contributed by atoms with Gasteiger partial charge in [-0.3, -0.25) is 0 Å². The molecule has 0 radical (unpaired) electrons. The van der Waals surface area contributed by atoms with Gasteiger partial charge in [0.2, 0.25) is 0 Å². The summed E-state index contributed by atoms with van der Waals surface area (Å²) in [5, 5.41) is 1.92. The van der Waals surface area contributed by atoms with Crippen LogP contribution >= 0.6 is 0 Å². The molecular weight excluding hydrogens is 126 g/mol. The Kier molecular flexibility index (Phi) is 6.48. The van der Waals surface area contributed by atoms with E-state index in [1.54, 1.807) is 0 Å². The minimum Gasteiger partial charge on any atom is -0.242 e. The molecule has 0 saturated heterocycles. The quantitative estimate of drug-likeness (QED) is 0.419. The van der Waals surface area contributed by atoms with Crippen molar-refractivity contribution in [3.8, 4) is 0 Å². The van der Waals surface area contributed by atoms with Crippen LogP contribution in [0.4, 0.5) is 0 Å². The third-order valence-electron chi connectivity index (χ3n) is 1.01. The summed E-state index contributed by atoms with van der Waals surface area (Å²) < 4.78 is 0. The van der Waals surface area contributed by atoms with Crippen molar-refractivity contribution in [2.24, 2.45) is 0 Å². The molecule has 0 fully saturated rings. The van der Waals surface area contributed by atoms with Gasteiger partial charge in [-0.05, 0) is 0 Å². The van der Waals surface area contributed by atoms with E-state index in [9.17, 15) is 0 Å². The Labute approximate surface area is 63.0 Å². The van der Waals surface area contributed by atoms with Crippen LogP contribution in [0.15, 0.2) is 12.7 Å². The number of nitrogens with zero attached hydrogens (tertiary/aromatic N) is 1. The number of nitrogens with one attached hydrogen (secondary N) is 2. The molecule has 0 aliphatic rings. The molecule has 2 N–H and O–H groups in total. The molecule has 10 heavy (non-hydrogen) atoms. The number of hydrogen-bond donors (Lipinski definition) is 2. The zero-order valence-corrected chi connectivity index (χ0v) is 6.85. The summed E-state index contributed by atoms with van der Waals surface area (Å²) in [6.45, 7) is 10.5. The summed E-state index contributed by atoms with van der Waals surface area (Å²) >= 11 is 0. The highest BCUT2D eigenvalue weighted by Gasteiger charge is 1.94. The van der Waals surface area contributed by atoms with Crippen LogP contribution in [0.3, 0.4) is 0 Å². The van der Waals surface area contributed by atoms with E-state index in [0.717, 1.165) is 19.6 Å². The standard InChI is InChI=1S/C7H17N3/c1-4-7-10(8-5-2)9-6-3/h4,8-9H,1,5-7H2,2-3H3. The van der Waals surface area contributed by atoms with E-state index in [-0.39, 0.29) is 0 Å². The fraction of sp³-hybridized carbons (Fsp3) is 0.714. The van der Waals surface area contributed by atoms with Gasteiger partial charge >= 0.3 is 0 Å². The van der Waals surface area contributed by atoms with E-state index < -0.39 is 0 Å². The first-order valence-corrected chi connectivity index (χ1v) is 3.70. The Morgan fingerprint density at radius 3 is 2.10 bits per heavy atom. The Morgan fingerprint density at radius 1 is 1.30 bits per heavy atom. The molecule has 3 heteroatoms. The molecule has 0 heterocycles. The molecule has 0 bridgehead atoms. The zero-order chi connectivity index (χ0) is 7.82. The van der Waals surface area contributed by atoms with Crippen molar-refractivity contribution in [2.75, 3.05) is 19.6 Å². The Hall–Kier alpha value is -0.380. The average Bonchev–Trinajstić information content (AvgIpc) is 1.90. The second-order valence-corrected chi connectivity index (χ2v) is 1.92. The predicted octanol–water partition coefficient (Wildman–Crippen LogP) is 0.523. The first kappa shape index (κ1) is 9.62. The average molecular weight is 143 g/mol. The first-order valence-electron chi connectivity index (χ1n) is 3.70. The van der Waals surface area contributed by atoms with Gasteiger partial charge in [-0.2, -0.15) is 5.12 Å². The van der Waals surface area contributed by atoms with Crippen molar-refractivity contribution in [3.63, 3.8) is 0 Å². The number of hydrazine groups is 2. The summed E-state index contributed by atoms with van der Waals surface area (Å²) in [5.74, 6) is 0. The summed E-state index contributed by atoms with van der Waals surface area (Å²) in [6.07, 6.45) is 1.85. The molecule has 0 unspecified atom stereocenters. The fourth-order valence-electron chi connectivity index (χ4n) is 0.696. The first-order chi connectivity index (χ1) is 4.85. The molecule has 0 amide bonds. The van der Waals surface area contributed by atoms with Gasteiger partial charge in [0.05, 0.1) is 0 Å². The van der Waals surface area contributed by atoms with Gasteiger partial charge in [-0.25, -0.2) is 10.9 Å². The summed E-state index contributed by atoms with van der Waals surface area (Å²) in [4.78, 5) is 0. The molecule has 0 spiro atoms. The van der Waals surface area contributed by atoms with E-state index in [4.69, 9.17) is 0 Å². The zero-order valence-electron chi connectivity index (χ0n) is 6.85. The van der Waals surface area contributed by atoms with Crippen LogP contribution in [-0.2, 0) is 0 Å². The van der Waals surface area contributed by atoms with Gasteiger partial charge in [0.25, 0.3) is 0 Å². The van der Waals surface area contributed by atoms with Crippen molar-refractivity contribution in [1.82, 2.24) is 16.0 Å². The van der Waals surface area contributed by atoms with E-state index in [0.29, 0.717) is 0 Å². The summed E-state index contributed by atoms with van der Waals surface area (Å²) in [5.41, 5.74) is 6.27. The lowest BCUT2D eigenvalue weighted by Crippen LogP contribution is -2.47. The van der Waals surface area contributed by atoms with Crippen LogP contribution in [0.5, 0.6) is 0 Å². The third-order valence-corrected chi connectivity index (χ3v) is 1.01. The van der Waals surface area contributed by atoms with Gasteiger partial charge in [0.1, 0.15) is 0 Å². The highest BCUT2D eigenvalue weighted by Crippen LogP contribution is 1.74. The minimum absolute atomic E-state index is 0.821. The van der Waals surface area contributed by atoms with E-state index >= 15 is 0 Å². The Balaban J connectivity index is 3.38. The van der Waals surface area contributed by atoms with E-state index in [1.807, 2.05) is 11.2 Å². The molecule has 60 valence electrons. The summed E-state index contributed by atoms with van der Waals surface area (Å²) in [7, 11) is 0. The smallest absolute Gasteiger partial charge is 0.0466 e. The maximum atomic E-state index is 3.64. The monoisotopic (exact) mass is 143 g/mol. The molecule has 0 aromatic carbocycles. The molecular formula is C7H17N3. The second-order valence-electron chi connectivity index (χ2n) is 1.92. The molecule has 0 aliphatic heterocycles. The Bertz CT molecular complexity index is 76.9. The van der Waals surface area contributed by atoms with E-state index in [2.05, 4.69) is 31.3 Å². The molecule has 0 aromatic heterocycles. The van der Waals surface area contributed by atoms with Crippen LogP contribution in [0.2, 0.25) is 0 Å². The molecule has 0 rings (SSSR count). The lowest BCUT2D eigenvalue weighted by Gasteiger charge is -2.20. The highest BCUT2D eigenvalue weighted by atomic mass is 15.7. The molecule has 0 aromatic rings. The van der Waals surface area contributed by atoms with Crippen LogP contribution < -0.4 is 10.9 Å². The largest absolute Gasteiger partial charge is 0.242 e. The van der Waals surface area contributed by atoms with Crippen LogP contribution in [0, 0.1) is 0 Å².